The van der Waals surface area contributed by atoms with Gasteiger partial charge in [0.25, 0.3) is 0 Å². The van der Waals surface area contributed by atoms with E-state index in [1.54, 1.807) is 18.3 Å². The Bertz CT molecular complexity index is 855. The minimum absolute atomic E-state index is 0.0947. The van der Waals surface area contributed by atoms with Crippen LogP contribution in [0.1, 0.15) is 55.8 Å². The van der Waals surface area contributed by atoms with E-state index in [2.05, 4.69) is 15.2 Å². The van der Waals surface area contributed by atoms with Gasteiger partial charge in [0, 0.05) is 30.8 Å². The summed E-state index contributed by atoms with van der Waals surface area (Å²) in [4.78, 5) is 19.6. The topological polar surface area (TPSA) is 45.2 Å². The second-order valence-electron chi connectivity index (χ2n) is 8.57. The van der Waals surface area contributed by atoms with E-state index in [4.69, 9.17) is 0 Å². The van der Waals surface area contributed by atoms with Gasteiger partial charge >= 0.3 is 0 Å². The Kier molecular flexibility index (Phi) is 6.72. The zero-order chi connectivity index (χ0) is 20.9. The van der Waals surface area contributed by atoms with Crippen molar-refractivity contribution in [2.24, 2.45) is 11.8 Å². The smallest absolute Gasteiger partial charge is 0.223 e. The number of hydrogen-bond acceptors (Lipinski definition) is 3. The zero-order valence-electron chi connectivity index (χ0n) is 17.2. The number of nitrogens with one attached hydrogen (secondary N) is 1. The van der Waals surface area contributed by atoms with Crippen LogP contribution in [0, 0.1) is 23.5 Å². The molecule has 1 aromatic carbocycles. The van der Waals surface area contributed by atoms with E-state index in [9.17, 15) is 13.6 Å². The Morgan fingerprint density at radius 3 is 2.70 bits per heavy atom. The summed E-state index contributed by atoms with van der Waals surface area (Å²) in [5.41, 5.74) is 1.24. The third-order valence-corrected chi connectivity index (χ3v) is 6.47. The van der Waals surface area contributed by atoms with Gasteiger partial charge in [0.2, 0.25) is 5.91 Å². The number of aromatic nitrogens is 1. The molecule has 160 valence electrons. The number of likely N-dealkylation sites (tertiary alicyclic amines) is 1. The van der Waals surface area contributed by atoms with Crippen molar-refractivity contribution in [3.8, 4) is 0 Å². The van der Waals surface area contributed by atoms with E-state index in [-0.39, 0.29) is 23.8 Å². The molecule has 0 radical (unpaired) electrons. The molecule has 4 rings (SSSR count). The highest BCUT2D eigenvalue weighted by Gasteiger charge is 2.33. The van der Waals surface area contributed by atoms with Crippen LogP contribution < -0.4 is 5.32 Å². The average Bonchev–Trinajstić information content (AvgIpc) is 3.31. The van der Waals surface area contributed by atoms with Gasteiger partial charge in [-0.25, -0.2) is 8.78 Å². The fourth-order valence-corrected chi connectivity index (χ4v) is 4.87. The van der Waals surface area contributed by atoms with Crippen molar-refractivity contribution < 1.29 is 13.6 Å². The Morgan fingerprint density at radius 1 is 1.10 bits per heavy atom. The van der Waals surface area contributed by atoms with Crippen molar-refractivity contribution in [1.29, 1.82) is 0 Å². The first-order chi connectivity index (χ1) is 14.6. The minimum atomic E-state index is -0.809. The van der Waals surface area contributed by atoms with Crippen molar-refractivity contribution in [2.75, 3.05) is 13.1 Å². The highest BCUT2D eigenvalue weighted by atomic mass is 19.2. The molecule has 1 aliphatic carbocycles. The summed E-state index contributed by atoms with van der Waals surface area (Å²) < 4.78 is 27.8. The lowest BCUT2D eigenvalue weighted by Gasteiger charge is -2.37. The zero-order valence-corrected chi connectivity index (χ0v) is 17.2. The molecule has 1 amide bonds. The summed E-state index contributed by atoms with van der Waals surface area (Å²) in [5, 5.41) is 3.29. The van der Waals surface area contributed by atoms with E-state index >= 15 is 0 Å². The van der Waals surface area contributed by atoms with Gasteiger partial charge in [-0.2, -0.15) is 0 Å². The minimum Gasteiger partial charge on any atom is -0.347 e. The van der Waals surface area contributed by atoms with Gasteiger partial charge in [-0.1, -0.05) is 31.0 Å². The van der Waals surface area contributed by atoms with Gasteiger partial charge in [-0.3, -0.25) is 14.7 Å². The normalized spacial score (nSPS) is 21.5. The van der Waals surface area contributed by atoms with Crippen molar-refractivity contribution in [2.45, 2.75) is 51.1 Å². The fourth-order valence-electron chi connectivity index (χ4n) is 4.87. The summed E-state index contributed by atoms with van der Waals surface area (Å²) in [7, 11) is 0. The van der Waals surface area contributed by atoms with Crippen LogP contribution >= 0.6 is 0 Å². The molecule has 1 N–H and O–H groups in total. The molecule has 2 fully saturated rings. The summed E-state index contributed by atoms with van der Waals surface area (Å²) in [5.74, 6) is -1.18. The van der Waals surface area contributed by atoms with Crippen molar-refractivity contribution in [1.82, 2.24) is 15.2 Å². The second-order valence-corrected chi connectivity index (χ2v) is 8.57. The quantitative estimate of drug-likeness (QED) is 0.752. The molecular weight excluding hydrogens is 384 g/mol. The summed E-state index contributed by atoms with van der Waals surface area (Å²) >= 11 is 0. The van der Waals surface area contributed by atoms with Gasteiger partial charge < -0.3 is 5.32 Å². The van der Waals surface area contributed by atoms with Crippen LogP contribution in [0.15, 0.2) is 42.6 Å². The number of amides is 1. The largest absolute Gasteiger partial charge is 0.347 e. The van der Waals surface area contributed by atoms with Crippen LogP contribution in [0.5, 0.6) is 0 Å². The summed E-state index contributed by atoms with van der Waals surface area (Å²) in [6.45, 7) is 1.91. The first-order valence-electron chi connectivity index (χ1n) is 11.0. The predicted molar refractivity (Wildman–Crippen MR) is 111 cm³/mol. The number of rotatable bonds is 6. The van der Waals surface area contributed by atoms with Crippen molar-refractivity contribution in [3.63, 3.8) is 0 Å². The number of pyridine rings is 1. The monoisotopic (exact) mass is 413 g/mol. The number of carbonyl (C=O) groups is 1. The lowest BCUT2D eigenvalue weighted by molar-refractivity contribution is -0.126. The highest BCUT2D eigenvalue weighted by Crippen LogP contribution is 2.32. The molecule has 4 nitrogen and oxygen atoms in total. The molecule has 6 heteroatoms. The molecule has 30 heavy (non-hydrogen) atoms. The molecule has 1 saturated heterocycles. The maximum Gasteiger partial charge on any atom is 0.223 e. The SMILES string of the molecule is O=C(N[C@@H](c1ccccn1)[C@H]1CCCN(Cc2cccc(F)c2F)C1)C1CCCC1. The van der Waals surface area contributed by atoms with E-state index in [1.165, 1.54) is 0 Å². The first-order valence-corrected chi connectivity index (χ1v) is 11.0. The number of carbonyl (C=O) groups excluding carboxylic acids is 1. The number of benzene rings is 1. The van der Waals surface area contributed by atoms with E-state index in [0.29, 0.717) is 18.7 Å². The molecule has 2 heterocycles. The van der Waals surface area contributed by atoms with Gasteiger partial charge in [0.05, 0.1) is 11.7 Å². The van der Waals surface area contributed by atoms with Crippen LogP contribution in [0.4, 0.5) is 8.78 Å². The average molecular weight is 414 g/mol. The Hall–Kier alpha value is -2.34. The van der Waals surface area contributed by atoms with Crippen LogP contribution in [0.3, 0.4) is 0 Å². The molecule has 1 aliphatic heterocycles. The van der Waals surface area contributed by atoms with Gasteiger partial charge in [0.15, 0.2) is 11.6 Å². The van der Waals surface area contributed by atoms with Gasteiger partial charge in [-0.05, 0) is 56.3 Å². The molecular formula is C24H29F2N3O. The Morgan fingerprint density at radius 2 is 1.93 bits per heavy atom. The lowest BCUT2D eigenvalue weighted by Crippen LogP contribution is -2.44. The maximum atomic E-state index is 14.2. The molecule has 1 aromatic heterocycles. The fraction of sp³-hybridized carbons (Fsp3) is 0.500. The van der Waals surface area contributed by atoms with Crippen molar-refractivity contribution >= 4 is 5.91 Å². The standard InChI is InChI=1S/C24H29F2N3O/c25-20-11-5-9-18(22(20)26)15-29-14-6-10-19(16-29)23(21-12-3-4-13-27-21)28-24(30)17-7-1-2-8-17/h3-5,9,11-13,17,19,23H,1-2,6-8,10,14-16H2,(H,28,30)/t19-,23+/m0/s1. The van der Waals surface area contributed by atoms with Crippen LogP contribution in [-0.2, 0) is 11.3 Å². The molecule has 0 spiro atoms. The molecule has 2 aromatic rings. The van der Waals surface area contributed by atoms with E-state index < -0.39 is 11.6 Å². The summed E-state index contributed by atoms with van der Waals surface area (Å²) in [6, 6.07) is 9.95. The van der Waals surface area contributed by atoms with Gasteiger partial charge in [0.1, 0.15) is 0 Å². The molecule has 0 bridgehead atoms. The number of halogens is 2. The first kappa shape index (κ1) is 20.9. The third-order valence-electron chi connectivity index (χ3n) is 6.47. The summed E-state index contributed by atoms with van der Waals surface area (Å²) in [6.07, 6.45) is 7.81. The lowest BCUT2D eigenvalue weighted by atomic mass is 9.87. The van der Waals surface area contributed by atoms with Crippen molar-refractivity contribution in [3.05, 3.63) is 65.5 Å². The maximum absolute atomic E-state index is 14.2. The van der Waals surface area contributed by atoms with Crippen LogP contribution in [0.25, 0.3) is 0 Å². The number of piperidine rings is 1. The van der Waals surface area contributed by atoms with E-state index in [1.807, 2.05) is 18.2 Å². The number of nitrogens with zero attached hydrogens (tertiary/aromatic N) is 2. The van der Waals surface area contributed by atoms with Crippen LogP contribution in [0.2, 0.25) is 0 Å². The van der Waals surface area contributed by atoms with E-state index in [0.717, 1.165) is 56.8 Å². The molecule has 2 atom stereocenters. The molecule has 1 saturated carbocycles. The molecule has 0 unspecified atom stereocenters. The van der Waals surface area contributed by atoms with Gasteiger partial charge in [-0.15, -0.1) is 0 Å². The Balaban J connectivity index is 1.49. The third kappa shape index (κ3) is 4.86. The highest BCUT2D eigenvalue weighted by molar-refractivity contribution is 5.79. The Labute approximate surface area is 176 Å². The predicted octanol–water partition coefficient (Wildman–Crippen LogP) is 4.62. The second kappa shape index (κ2) is 9.65. The molecule has 2 aliphatic rings. The van der Waals surface area contributed by atoms with Crippen LogP contribution in [-0.4, -0.2) is 28.9 Å². The number of hydrogen-bond donors (Lipinski definition) is 1.